The molecule has 0 saturated carbocycles. The van der Waals surface area contributed by atoms with Crippen molar-refractivity contribution < 1.29 is 9.59 Å². The van der Waals surface area contributed by atoms with E-state index in [9.17, 15) is 9.59 Å². The number of nitrogens with zero attached hydrogens (tertiary/aromatic N) is 1. The minimum absolute atomic E-state index is 0.00197. The van der Waals surface area contributed by atoms with E-state index < -0.39 is 0 Å². The Balaban J connectivity index is 1.65. The molecule has 0 bridgehead atoms. The second kappa shape index (κ2) is 7.74. The number of hydrogen-bond acceptors (Lipinski definition) is 3. The number of nitrogens with one attached hydrogen (secondary N) is 1. The van der Waals surface area contributed by atoms with Gasteiger partial charge in [-0.25, -0.2) is 0 Å². The van der Waals surface area contributed by atoms with Crippen molar-refractivity contribution in [1.29, 1.82) is 0 Å². The lowest BCUT2D eigenvalue weighted by Crippen LogP contribution is -2.28. The number of rotatable bonds is 5. The number of aryl methyl sites for hydroxylation is 1. The van der Waals surface area contributed by atoms with Crippen LogP contribution in [0.5, 0.6) is 0 Å². The maximum atomic E-state index is 12.5. The molecular formula is C20H22N2O2S. The van der Waals surface area contributed by atoms with Crippen LogP contribution in [0.15, 0.2) is 53.4 Å². The van der Waals surface area contributed by atoms with Crippen LogP contribution in [0, 0.1) is 5.92 Å². The maximum absolute atomic E-state index is 12.5. The van der Waals surface area contributed by atoms with Gasteiger partial charge < -0.3 is 10.2 Å². The Kier molecular flexibility index (Phi) is 5.43. The SMILES string of the molecule is CCc1ccc(N2CC(C(=O)Nc3ccc(SC)cc3)CC2=O)cc1. The molecule has 3 rings (SSSR count). The molecule has 1 heterocycles. The first-order valence-electron chi connectivity index (χ1n) is 8.45. The summed E-state index contributed by atoms with van der Waals surface area (Å²) in [6.07, 6.45) is 3.23. The van der Waals surface area contributed by atoms with Gasteiger partial charge in [-0.05, 0) is 54.6 Å². The maximum Gasteiger partial charge on any atom is 0.229 e. The fourth-order valence-corrected chi connectivity index (χ4v) is 3.37. The van der Waals surface area contributed by atoms with Crippen molar-refractivity contribution in [3.8, 4) is 0 Å². The van der Waals surface area contributed by atoms with Crippen LogP contribution in [-0.2, 0) is 16.0 Å². The summed E-state index contributed by atoms with van der Waals surface area (Å²) in [4.78, 5) is 27.7. The summed E-state index contributed by atoms with van der Waals surface area (Å²) in [5.74, 6) is -0.418. The van der Waals surface area contributed by atoms with Crippen molar-refractivity contribution in [3.05, 3.63) is 54.1 Å². The Morgan fingerprint density at radius 1 is 1.16 bits per heavy atom. The van der Waals surface area contributed by atoms with Crippen molar-refractivity contribution in [2.24, 2.45) is 5.92 Å². The fraction of sp³-hybridized carbons (Fsp3) is 0.300. The van der Waals surface area contributed by atoms with Crippen LogP contribution in [0.2, 0.25) is 0 Å². The zero-order valence-corrected chi connectivity index (χ0v) is 15.3. The molecule has 0 spiro atoms. The van der Waals surface area contributed by atoms with Gasteiger partial charge in [-0.1, -0.05) is 19.1 Å². The summed E-state index contributed by atoms with van der Waals surface area (Å²) in [5, 5.41) is 2.92. The second-order valence-corrected chi connectivity index (χ2v) is 7.02. The number of thioether (sulfide) groups is 1. The number of carbonyl (C=O) groups excluding carboxylic acids is 2. The molecule has 1 unspecified atom stereocenters. The van der Waals surface area contributed by atoms with Gasteiger partial charge in [0.05, 0.1) is 5.92 Å². The molecule has 25 heavy (non-hydrogen) atoms. The molecule has 0 radical (unpaired) electrons. The van der Waals surface area contributed by atoms with Gasteiger partial charge >= 0.3 is 0 Å². The summed E-state index contributed by atoms with van der Waals surface area (Å²) in [5.41, 5.74) is 2.86. The van der Waals surface area contributed by atoms with Gasteiger partial charge in [0.25, 0.3) is 0 Å². The van der Waals surface area contributed by atoms with Crippen molar-refractivity contribution in [3.63, 3.8) is 0 Å². The summed E-state index contributed by atoms with van der Waals surface area (Å²) in [7, 11) is 0. The predicted molar refractivity (Wildman–Crippen MR) is 103 cm³/mol. The summed E-state index contributed by atoms with van der Waals surface area (Å²) in [6.45, 7) is 2.53. The van der Waals surface area contributed by atoms with Crippen molar-refractivity contribution >= 4 is 35.0 Å². The zero-order chi connectivity index (χ0) is 17.8. The van der Waals surface area contributed by atoms with Crippen LogP contribution < -0.4 is 10.2 Å². The molecule has 2 aromatic rings. The van der Waals surface area contributed by atoms with E-state index in [-0.39, 0.29) is 24.2 Å². The molecule has 2 amide bonds. The molecular weight excluding hydrogens is 332 g/mol. The predicted octanol–water partition coefficient (Wildman–Crippen LogP) is 3.96. The van der Waals surface area contributed by atoms with Crippen LogP contribution >= 0.6 is 11.8 Å². The van der Waals surface area contributed by atoms with Crippen LogP contribution in [0.25, 0.3) is 0 Å². The van der Waals surface area contributed by atoms with E-state index in [0.29, 0.717) is 6.54 Å². The van der Waals surface area contributed by atoms with E-state index in [4.69, 9.17) is 0 Å². The molecule has 1 saturated heterocycles. The smallest absolute Gasteiger partial charge is 0.229 e. The highest BCUT2D eigenvalue weighted by Crippen LogP contribution is 2.27. The van der Waals surface area contributed by atoms with Crippen LogP contribution in [0.3, 0.4) is 0 Å². The normalized spacial score (nSPS) is 17.0. The lowest BCUT2D eigenvalue weighted by Gasteiger charge is -2.17. The molecule has 1 aliphatic heterocycles. The summed E-state index contributed by atoms with van der Waals surface area (Å²) >= 11 is 1.66. The monoisotopic (exact) mass is 354 g/mol. The molecule has 1 N–H and O–H groups in total. The Labute approximate surface area is 152 Å². The number of benzene rings is 2. The largest absolute Gasteiger partial charge is 0.326 e. The van der Waals surface area contributed by atoms with Crippen molar-refractivity contribution in [2.75, 3.05) is 23.0 Å². The zero-order valence-electron chi connectivity index (χ0n) is 14.5. The molecule has 1 fully saturated rings. The van der Waals surface area contributed by atoms with E-state index >= 15 is 0 Å². The molecule has 0 aromatic heterocycles. The Hall–Kier alpha value is -2.27. The third kappa shape index (κ3) is 4.04. The van der Waals surface area contributed by atoms with E-state index in [1.165, 1.54) is 5.56 Å². The molecule has 2 aromatic carbocycles. The lowest BCUT2D eigenvalue weighted by molar-refractivity contribution is -0.122. The quantitative estimate of drug-likeness (QED) is 0.827. The van der Waals surface area contributed by atoms with E-state index in [0.717, 1.165) is 22.7 Å². The van der Waals surface area contributed by atoms with Gasteiger partial charge in [-0.2, -0.15) is 0 Å². The third-order valence-electron chi connectivity index (χ3n) is 4.51. The Morgan fingerprint density at radius 2 is 1.84 bits per heavy atom. The van der Waals surface area contributed by atoms with Gasteiger partial charge in [0.1, 0.15) is 0 Å². The van der Waals surface area contributed by atoms with E-state index in [2.05, 4.69) is 12.2 Å². The van der Waals surface area contributed by atoms with Crippen LogP contribution in [0.4, 0.5) is 11.4 Å². The highest BCUT2D eigenvalue weighted by atomic mass is 32.2. The molecule has 1 atom stereocenters. The summed E-state index contributed by atoms with van der Waals surface area (Å²) in [6, 6.07) is 15.7. The lowest BCUT2D eigenvalue weighted by atomic mass is 10.1. The van der Waals surface area contributed by atoms with Crippen molar-refractivity contribution in [2.45, 2.75) is 24.7 Å². The minimum atomic E-state index is -0.321. The fourth-order valence-electron chi connectivity index (χ4n) is 2.96. The Morgan fingerprint density at radius 3 is 2.44 bits per heavy atom. The first-order valence-corrected chi connectivity index (χ1v) is 9.67. The van der Waals surface area contributed by atoms with Gasteiger partial charge in [0.2, 0.25) is 11.8 Å². The van der Waals surface area contributed by atoms with Crippen molar-refractivity contribution in [1.82, 2.24) is 0 Å². The van der Waals surface area contributed by atoms with Gasteiger partial charge in [-0.15, -0.1) is 11.8 Å². The van der Waals surface area contributed by atoms with E-state index in [1.54, 1.807) is 16.7 Å². The standard InChI is InChI=1S/C20H22N2O2S/c1-3-14-4-8-17(9-5-14)22-13-15(12-19(22)23)20(24)21-16-6-10-18(25-2)11-7-16/h4-11,15H,3,12-13H2,1-2H3,(H,21,24). The highest BCUT2D eigenvalue weighted by Gasteiger charge is 2.35. The average Bonchev–Trinajstić information content (AvgIpc) is 3.04. The second-order valence-electron chi connectivity index (χ2n) is 6.14. The van der Waals surface area contributed by atoms with Gasteiger partial charge in [-0.3, -0.25) is 9.59 Å². The van der Waals surface area contributed by atoms with Crippen LogP contribution in [0.1, 0.15) is 18.9 Å². The number of amides is 2. The third-order valence-corrected chi connectivity index (χ3v) is 5.25. The summed E-state index contributed by atoms with van der Waals surface area (Å²) < 4.78 is 0. The minimum Gasteiger partial charge on any atom is -0.326 e. The topological polar surface area (TPSA) is 49.4 Å². The van der Waals surface area contributed by atoms with Gasteiger partial charge in [0, 0.05) is 29.2 Å². The molecule has 4 nitrogen and oxygen atoms in total. The first kappa shape index (κ1) is 17.5. The number of anilines is 2. The van der Waals surface area contributed by atoms with Gasteiger partial charge in [0.15, 0.2) is 0 Å². The molecule has 1 aliphatic rings. The molecule has 130 valence electrons. The first-order chi connectivity index (χ1) is 12.1. The van der Waals surface area contributed by atoms with Crippen LogP contribution in [-0.4, -0.2) is 24.6 Å². The van der Waals surface area contributed by atoms with E-state index in [1.807, 2.05) is 54.8 Å². The number of hydrogen-bond donors (Lipinski definition) is 1. The molecule has 5 heteroatoms. The highest BCUT2D eigenvalue weighted by molar-refractivity contribution is 7.98. The number of carbonyl (C=O) groups is 2. The average molecular weight is 354 g/mol. The Bertz CT molecular complexity index is 756. The molecule has 0 aliphatic carbocycles.